The molecular weight excluding hydrogens is 150 g/mol. The average Bonchev–Trinajstić information content (AvgIpc) is 2.48. The quantitative estimate of drug-likeness (QED) is 0.695. The molecule has 2 heteroatoms. The minimum absolute atomic E-state index is 0.350. The van der Waals surface area contributed by atoms with E-state index in [9.17, 15) is 0 Å². The van der Waals surface area contributed by atoms with Crippen LogP contribution >= 0.6 is 0 Å². The van der Waals surface area contributed by atoms with Crippen molar-refractivity contribution in [3.05, 3.63) is 0 Å². The minimum atomic E-state index is 0.350. The lowest BCUT2D eigenvalue weighted by atomic mass is 10.1. The monoisotopic (exact) mass is 171 g/mol. The Morgan fingerprint density at radius 2 is 2.25 bits per heavy atom. The highest BCUT2D eigenvalue weighted by atomic mass is 16.2. The molecule has 1 rings (SSSR count). The van der Waals surface area contributed by atoms with Crippen LogP contribution in [0.15, 0.2) is 0 Å². The fourth-order valence-corrected chi connectivity index (χ4v) is 2.17. The predicted octanol–water partition coefficient (Wildman–Crippen LogP) is 1.63. The summed E-state index contributed by atoms with van der Waals surface area (Å²) in [6.07, 6.45) is 4.81. The Morgan fingerprint density at radius 3 is 2.83 bits per heavy atom. The summed E-state index contributed by atoms with van der Waals surface area (Å²) in [5.74, 6) is 0. The van der Waals surface area contributed by atoms with Crippen LogP contribution in [0.2, 0.25) is 0 Å². The van der Waals surface area contributed by atoms with Gasteiger partial charge in [0.05, 0.1) is 0 Å². The van der Waals surface area contributed by atoms with Crippen molar-refractivity contribution >= 4 is 0 Å². The van der Waals surface area contributed by atoms with Gasteiger partial charge in [0, 0.05) is 18.7 Å². The van der Waals surface area contributed by atoms with Gasteiger partial charge in [-0.25, -0.2) is 0 Å². The third-order valence-corrected chi connectivity index (χ3v) is 2.78. The lowest BCUT2D eigenvalue weighted by molar-refractivity contribution is 0.181. The molecule has 1 saturated heterocycles. The van der Waals surface area contributed by atoms with E-state index in [-0.39, 0.29) is 0 Å². The molecule has 0 radical (unpaired) electrons. The molecule has 1 aliphatic heterocycles. The van der Waals surface area contributed by atoms with Crippen LogP contribution in [0.3, 0.4) is 0 Å². The molecule has 0 aromatic carbocycles. The summed E-state index contributed by atoms with van der Waals surface area (Å²) in [6, 6.07) is 1.42. The zero-order valence-electron chi connectivity index (χ0n) is 8.29. The van der Waals surface area contributed by atoms with Gasteiger partial charge in [-0.15, -0.1) is 0 Å². The van der Waals surface area contributed by atoms with Crippen molar-refractivity contribution in [3.8, 4) is 0 Å². The van der Waals surface area contributed by atoms with Crippen molar-refractivity contribution < 1.29 is 5.11 Å². The molecule has 1 atom stereocenters. The van der Waals surface area contributed by atoms with Crippen molar-refractivity contribution in [2.75, 3.05) is 13.2 Å². The first-order valence-electron chi connectivity index (χ1n) is 5.12. The molecule has 1 fully saturated rings. The molecule has 1 aliphatic rings. The summed E-state index contributed by atoms with van der Waals surface area (Å²) in [7, 11) is 0. The number of hydrogen-bond donors (Lipinski definition) is 1. The number of nitrogens with zero attached hydrogens (tertiary/aromatic N) is 1. The second kappa shape index (κ2) is 4.83. The Morgan fingerprint density at radius 1 is 1.50 bits per heavy atom. The van der Waals surface area contributed by atoms with E-state index in [0.717, 1.165) is 12.5 Å². The number of likely N-dealkylation sites (tertiary alicyclic amines) is 1. The van der Waals surface area contributed by atoms with E-state index in [1.807, 2.05) is 0 Å². The molecule has 0 aliphatic carbocycles. The summed E-state index contributed by atoms with van der Waals surface area (Å²) in [6.45, 7) is 6.13. The van der Waals surface area contributed by atoms with E-state index in [1.54, 1.807) is 0 Å². The second-order valence-electron chi connectivity index (χ2n) is 3.99. The number of rotatable bonds is 4. The van der Waals surface area contributed by atoms with Crippen LogP contribution in [0.1, 0.15) is 39.5 Å². The SMILES string of the molecule is CC(C)N1CCCC1CCCO. The summed E-state index contributed by atoms with van der Waals surface area (Å²) in [4.78, 5) is 2.57. The van der Waals surface area contributed by atoms with Crippen LogP contribution < -0.4 is 0 Å². The first kappa shape index (κ1) is 10.0. The summed E-state index contributed by atoms with van der Waals surface area (Å²) in [5.41, 5.74) is 0. The molecule has 0 spiro atoms. The van der Waals surface area contributed by atoms with E-state index in [0.29, 0.717) is 12.6 Å². The summed E-state index contributed by atoms with van der Waals surface area (Å²) < 4.78 is 0. The van der Waals surface area contributed by atoms with Crippen LogP contribution in [0.5, 0.6) is 0 Å². The van der Waals surface area contributed by atoms with Crippen LogP contribution in [0.25, 0.3) is 0 Å². The van der Waals surface area contributed by atoms with Gasteiger partial charge >= 0.3 is 0 Å². The van der Waals surface area contributed by atoms with E-state index in [4.69, 9.17) is 5.11 Å². The third kappa shape index (κ3) is 2.46. The highest BCUT2D eigenvalue weighted by molar-refractivity contribution is 4.81. The van der Waals surface area contributed by atoms with Crippen LogP contribution in [0.4, 0.5) is 0 Å². The normalized spacial score (nSPS) is 25.5. The van der Waals surface area contributed by atoms with Crippen LogP contribution in [-0.4, -0.2) is 35.2 Å². The van der Waals surface area contributed by atoms with Gasteiger partial charge < -0.3 is 5.11 Å². The van der Waals surface area contributed by atoms with Gasteiger partial charge in [-0.1, -0.05) is 0 Å². The molecule has 12 heavy (non-hydrogen) atoms. The largest absolute Gasteiger partial charge is 0.396 e. The van der Waals surface area contributed by atoms with Crippen molar-refractivity contribution in [2.45, 2.75) is 51.6 Å². The van der Waals surface area contributed by atoms with Gasteiger partial charge in [0.1, 0.15) is 0 Å². The second-order valence-corrected chi connectivity index (χ2v) is 3.99. The Balaban J connectivity index is 2.30. The van der Waals surface area contributed by atoms with Crippen LogP contribution in [-0.2, 0) is 0 Å². The van der Waals surface area contributed by atoms with Gasteiger partial charge in [-0.2, -0.15) is 0 Å². The Labute approximate surface area is 75.6 Å². The highest BCUT2D eigenvalue weighted by Gasteiger charge is 2.25. The topological polar surface area (TPSA) is 23.5 Å². The summed E-state index contributed by atoms with van der Waals surface area (Å²) >= 11 is 0. The van der Waals surface area contributed by atoms with Gasteiger partial charge in [-0.05, 0) is 46.1 Å². The Bertz CT molecular complexity index is 125. The predicted molar refractivity (Wildman–Crippen MR) is 51.2 cm³/mol. The molecule has 0 amide bonds. The number of aliphatic hydroxyl groups is 1. The maximum Gasteiger partial charge on any atom is 0.0431 e. The standard InChI is InChI=1S/C10H21NO/c1-9(2)11-7-3-5-10(11)6-4-8-12/h9-10,12H,3-8H2,1-2H3. The van der Waals surface area contributed by atoms with E-state index in [2.05, 4.69) is 18.7 Å². The smallest absolute Gasteiger partial charge is 0.0431 e. The first-order valence-corrected chi connectivity index (χ1v) is 5.12. The average molecular weight is 171 g/mol. The third-order valence-electron chi connectivity index (χ3n) is 2.78. The molecule has 2 nitrogen and oxygen atoms in total. The Hall–Kier alpha value is -0.0800. The van der Waals surface area contributed by atoms with Gasteiger partial charge in [-0.3, -0.25) is 4.90 Å². The molecule has 1 heterocycles. The van der Waals surface area contributed by atoms with Gasteiger partial charge in [0.15, 0.2) is 0 Å². The van der Waals surface area contributed by atoms with E-state index >= 15 is 0 Å². The molecular formula is C10H21NO. The van der Waals surface area contributed by atoms with E-state index in [1.165, 1.54) is 25.8 Å². The van der Waals surface area contributed by atoms with E-state index < -0.39 is 0 Å². The molecule has 0 bridgehead atoms. The zero-order chi connectivity index (χ0) is 8.97. The van der Waals surface area contributed by atoms with Gasteiger partial charge in [0.25, 0.3) is 0 Å². The van der Waals surface area contributed by atoms with Crippen molar-refractivity contribution in [2.24, 2.45) is 0 Å². The molecule has 0 aromatic heterocycles. The maximum absolute atomic E-state index is 8.73. The first-order chi connectivity index (χ1) is 5.75. The lowest BCUT2D eigenvalue weighted by Gasteiger charge is -2.28. The molecule has 0 saturated carbocycles. The zero-order valence-corrected chi connectivity index (χ0v) is 8.29. The van der Waals surface area contributed by atoms with Crippen LogP contribution in [0, 0.1) is 0 Å². The van der Waals surface area contributed by atoms with Crippen molar-refractivity contribution in [1.82, 2.24) is 4.90 Å². The molecule has 72 valence electrons. The van der Waals surface area contributed by atoms with Crippen molar-refractivity contribution in [1.29, 1.82) is 0 Å². The molecule has 1 N–H and O–H groups in total. The van der Waals surface area contributed by atoms with Gasteiger partial charge in [0.2, 0.25) is 0 Å². The van der Waals surface area contributed by atoms with Crippen molar-refractivity contribution in [3.63, 3.8) is 0 Å². The maximum atomic E-state index is 8.73. The fraction of sp³-hybridized carbons (Fsp3) is 1.00. The lowest BCUT2D eigenvalue weighted by Crippen LogP contribution is -2.35. The number of hydrogen-bond acceptors (Lipinski definition) is 2. The Kier molecular flexibility index (Phi) is 4.02. The summed E-state index contributed by atoms with van der Waals surface area (Å²) in [5, 5.41) is 8.73. The molecule has 0 aromatic rings. The fourth-order valence-electron chi connectivity index (χ4n) is 2.17. The number of aliphatic hydroxyl groups excluding tert-OH is 1. The minimum Gasteiger partial charge on any atom is -0.396 e. The molecule has 1 unspecified atom stereocenters. The highest BCUT2D eigenvalue weighted by Crippen LogP contribution is 2.23.